The fraction of sp³-hybridized carbons (Fsp3) is 0.533. The number of ether oxygens (including phenoxy) is 2. The minimum absolute atomic E-state index is 0.141. The smallest absolute Gasteiger partial charge is 0.407 e. The summed E-state index contributed by atoms with van der Waals surface area (Å²) >= 11 is 0. The Hall–Kier alpha value is -1.95. The van der Waals surface area contributed by atoms with Gasteiger partial charge in [-0.2, -0.15) is 0 Å². The third-order valence-corrected chi connectivity index (χ3v) is 3.64. The summed E-state index contributed by atoms with van der Waals surface area (Å²) in [4.78, 5) is 12.4. The van der Waals surface area contributed by atoms with Crippen molar-refractivity contribution in [3.8, 4) is 11.5 Å². The van der Waals surface area contributed by atoms with Gasteiger partial charge in [0.2, 0.25) is 0 Å². The average Bonchev–Trinajstić information content (AvgIpc) is 2.49. The number of carboxylic acid groups (broad SMARTS) is 1. The van der Waals surface area contributed by atoms with E-state index in [1.165, 1.54) is 4.90 Å². The van der Waals surface area contributed by atoms with Gasteiger partial charge in [-0.15, -0.1) is 0 Å². The molecule has 1 aromatic carbocycles. The quantitative estimate of drug-likeness (QED) is 0.865. The topological polar surface area (TPSA) is 71.0 Å². The maximum Gasteiger partial charge on any atom is 0.407 e. The molecule has 1 aliphatic heterocycles. The molecule has 0 saturated carbocycles. The molecule has 2 rings (SSSR count). The van der Waals surface area contributed by atoms with Crippen LogP contribution in [0.3, 0.4) is 0 Å². The van der Waals surface area contributed by atoms with Crippen molar-refractivity contribution in [1.29, 1.82) is 0 Å². The van der Waals surface area contributed by atoms with Gasteiger partial charge in [0, 0.05) is 31.7 Å². The largest absolute Gasteiger partial charge is 0.496 e. The van der Waals surface area contributed by atoms with Crippen LogP contribution in [-0.2, 0) is 0 Å². The number of hydrogen-bond acceptors (Lipinski definition) is 4. The second-order valence-corrected chi connectivity index (χ2v) is 5.15. The molecule has 0 aliphatic carbocycles. The van der Waals surface area contributed by atoms with Crippen LogP contribution in [0.4, 0.5) is 4.79 Å². The fourth-order valence-corrected chi connectivity index (χ4v) is 2.40. The van der Waals surface area contributed by atoms with Gasteiger partial charge in [0.05, 0.1) is 13.7 Å². The summed E-state index contributed by atoms with van der Waals surface area (Å²) in [5.41, 5.74) is 1.07. The maximum atomic E-state index is 11.0. The number of methoxy groups -OCH3 is 1. The van der Waals surface area contributed by atoms with Crippen molar-refractivity contribution in [2.24, 2.45) is 0 Å². The number of aryl methyl sites for hydroxylation is 1. The number of hydrogen-bond donors (Lipinski definition) is 2. The summed E-state index contributed by atoms with van der Waals surface area (Å²) in [6, 6.07) is 5.88. The fourth-order valence-electron chi connectivity index (χ4n) is 2.40. The highest BCUT2D eigenvalue weighted by Gasteiger charge is 2.22. The van der Waals surface area contributed by atoms with Gasteiger partial charge in [0.1, 0.15) is 11.5 Å². The highest BCUT2D eigenvalue weighted by Crippen LogP contribution is 2.23. The lowest BCUT2D eigenvalue weighted by Gasteiger charge is -2.31. The van der Waals surface area contributed by atoms with Gasteiger partial charge in [-0.1, -0.05) is 6.07 Å². The number of benzene rings is 1. The van der Waals surface area contributed by atoms with Gasteiger partial charge in [-0.25, -0.2) is 4.79 Å². The van der Waals surface area contributed by atoms with Crippen LogP contribution < -0.4 is 14.8 Å². The predicted octanol–water partition coefficient (Wildman–Crippen LogP) is 1.72. The number of nitrogens with one attached hydrogen (secondary N) is 1. The SMILES string of the molecule is COc1cc(OCC[C@@H]2CN(C(=O)O)CCN2)ccc1C. The lowest BCUT2D eigenvalue weighted by molar-refractivity contribution is 0.124. The molecule has 6 heteroatoms. The molecule has 0 aromatic heterocycles. The van der Waals surface area contributed by atoms with E-state index in [1.54, 1.807) is 7.11 Å². The zero-order valence-corrected chi connectivity index (χ0v) is 12.5. The second-order valence-electron chi connectivity index (χ2n) is 5.15. The third kappa shape index (κ3) is 4.26. The molecule has 0 radical (unpaired) electrons. The van der Waals surface area contributed by atoms with Gasteiger partial charge < -0.3 is 24.8 Å². The van der Waals surface area contributed by atoms with Crippen molar-refractivity contribution in [3.05, 3.63) is 23.8 Å². The predicted molar refractivity (Wildman–Crippen MR) is 79.2 cm³/mol. The Bertz CT molecular complexity index is 493. The van der Waals surface area contributed by atoms with Gasteiger partial charge in [-0.3, -0.25) is 0 Å². The third-order valence-electron chi connectivity index (χ3n) is 3.64. The van der Waals surface area contributed by atoms with E-state index >= 15 is 0 Å². The van der Waals surface area contributed by atoms with Crippen molar-refractivity contribution < 1.29 is 19.4 Å². The Labute approximate surface area is 124 Å². The molecule has 0 unspecified atom stereocenters. The van der Waals surface area contributed by atoms with Crippen LogP contribution in [0.5, 0.6) is 11.5 Å². The Balaban J connectivity index is 1.80. The van der Waals surface area contributed by atoms with Crippen molar-refractivity contribution >= 4 is 6.09 Å². The standard InChI is InChI=1S/C15H22N2O4/c1-11-3-4-13(9-14(11)20-2)21-8-5-12-10-17(15(18)19)7-6-16-12/h3-4,9,12,16H,5-8,10H2,1-2H3,(H,18,19)/t12-/m1/s1. The summed E-state index contributed by atoms with van der Waals surface area (Å²) < 4.78 is 11.0. The van der Waals surface area contributed by atoms with E-state index < -0.39 is 6.09 Å². The van der Waals surface area contributed by atoms with E-state index in [2.05, 4.69) is 5.32 Å². The second kappa shape index (κ2) is 7.17. The first-order valence-corrected chi connectivity index (χ1v) is 7.09. The minimum atomic E-state index is -0.856. The molecule has 1 heterocycles. The molecule has 1 atom stereocenters. The van der Waals surface area contributed by atoms with E-state index in [9.17, 15) is 4.79 Å². The van der Waals surface area contributed by atoms with E-state index in [1.807, 2.05) is 25.1 Å². The minimum Gasteiger partial charge on any atom is -0.496 e. The van der Waals surface area contributed by atoms with Crippen molar-refractivity contribution in [2.75, 3.05) is 33.4 Å². The maximum absolute atomic E-state index is 11.0. The Morgan fingerprint density at radius 3 is 3.05 bits per heavy atom. The normalized spacial score (nSPS) is 18.4. The molecule has 0 spiro atoms. The van der Waals surface area contributed by atoms with Crippen LogP contribution in [-0.4, -0.2) is 55.5 Å². The number of amides is 1. The van der Waals surface area contributed by atoms with Crippen molar-refractivity contribution in [3.63, 3.8) is 0 Å². The van der Waals surface area contributed by atoms with E-state index in [4.69, 9.17) is 14.6 Å². The molecule has 1 fully saturated rings. The van der Waals surface area contributed by atoms with Crippen molar-refractivity contribution in [1.82, 2.24) is 10.2 Å². The average molecular weight is 294 g/mol. The van der Waals surface area contributed by atoms with Crippen LogP contribution in [0, 0.1) is 6.92 Å². The first-order chi connectivity index (χ1) is 10.1. The molecule has 21 heavy (non-hydrogen) atoms. The molecular weight excluding hydrogens is 272 g/mol. The van der Waals surface area contributed by atoms with E-state index in [-0.39, 0.29) is 6.04 Å². The molecule has 1 aromatic rings. The Morgan fingerprint density at radius 1 is 1.52 bits per heavy atom. The molecule has 116 valence electrons. The summed E-state index contributed by atoms with van der Waals surface area (Å²) in [6.07, 6.45) is -0.0920. The number of nitrogens with zero attached hydrogens (tertiary/aromatic N) is 1. The Morgan fingerprint density at radius 2 is 2.33 bits per heavy atom. The van der Waals surface area contributed by atoms with Gasteiger partial charge in [0.15, 0.2) is 0 Å². The number of rotatable bonds is 5. The van der Waals surface area contributed by atoms with E-state index in [0.29, 0.717) is 26.2 Å². The first kappa shape index (κ1) is 15.4. The number of carbonyl (C=O) groups is 1. The Kier molecular flexibility index (Phi) is 5.27. The van der Waals surface area contributed by atoms with Crippen LogP contribution in [0.1, 0.15) is 12.0 Å². The summed E-state index contributed by atoms with van der Waals surface area (Å²) in [7, 11) is 1.64. The summed E-state index contributed by atoms with van der Waals surface area (Å²) in [5.74, 6) is 1.57. The lowest BCUT2D eigenvalue weighted by Crippen LogP contribution is -2.52. The number of piperazine rings is 1. The zero-order valence-electron chi connectivity index (χ0n) is 12.5. The summed E-state index contributed by atoms with van der Waals surface area (Å²) in [6.45, 7) is 4.26. The lowest BCUT2D eigenvalue weighted by atomic mass is 10.1. The van der Waals surface area contributed by atoms with Crippen LogP contribution in [0.25, 0.3) is 0 Å². The van der Waals surface area contributed by atoms with Gasteiger partial charge >= 0.3 is 6.09 Å². The molecule has 1 amide bonds. The van der Waals surface area contributed by atoms with Crippen LogP contribution >= 0.6 is 0 Å². The van der Waals surface area contributed by atoms with Crippen LogP contribution in [0.2, 0.25) is 0 Å². The molecule has 2 N–H and O–H groups in total. The van der Waals surface area contributed by atoms with Gasteiger partial charge in [0.25, 0.3) is 0 Å². The van der Waals surface area contributed by atoms with Crippen molar-refractivity contribution in [2.45, 2.75) is 19.4 Å². The molecule has 1 aliphatic rings. The highest BCUT2D eigenvalue weighted by atomic mass is 16.5. The molecule has 6 nitrogen and oxygen atoms in total. The zero-order chi connectivity index (χ0) is 15.2. The monoisotopic (exact) mass is 294 g/mol. The first-order valence-electron chi connectivity index (χ1n) is 7.09. The highest BCUT2D eigenvalue weighted by molar-refractivity contribution is 5.65. The summed E-state index contributed by atoms with van der Waals surface area (Å²) in [5, 5.41) is 12.3. The molecule has 0 bridgehead atoms. The van der Waals surface area contributed by atoms with Gasteiger partial charge in [-0.05, 0) is 25.0 Å². The van der Waals surface area contributed by atoms with Crippen LogP contribution in [0.15, 0.2) is 18.2 Å². The van der Waals surface area contributed by atoms with E-state index in [0.717, 1.165) is 23.5 Å². The molecular formula is C15H22N2O4. The molecule has 1 saturated heterocycles.